The van der Waals surface area contributed by atoms with Gasteiger partial charge >= 0.3 is 0 Å². The summed E-state index contributed by atoms with van der Waals surface area (Å²) in [5, 5.41) is 2.73. The monoisotopic (exact) mass is 423 g/mol. The van der Waals surface area contributed by atoms with E-state index >= 15 is 0 Å². The van der Waals surface area contributed by atoms with Gasteiger partial charge in [0.1, 0.15) is 30.4 Å². The number of rotatable bonds is 10. The topological polar surface area (TPSA) is 91.7 Å². The number of nitrogens with zero attached hydrogens (tertiary/aromatic N) is 2. The molecule has 0 atom stereocenters. The van der Waals surface area contributed by atoms with Gasteiger partial charge in [0.25, 0.3) is 5.56 Å². The Morgan fingerprint density at radius 3 is 2.45 bits per heavy atom. The van der Waals surface area contributed by atoms with Crippen LogP contribution in [0.25, 0.3) is 11.3 Å². The first-order chi connectivity index (χ1) is 15.1. The van der Waals surface area contributed by atoms with Crippen molar-refractivity contribution < 1.29 is 19.0 Å². The molecule has 2 aromatic carbocycles. The van der Waals surface area contributed by atoms with E-state index in [2.05, 4.69) is 10.3 Å². The summed E-state index contributed by atoms with van der Waals surface area (Å²) in [4.78, 5) is 28.9. The van der Waals surface area contributed by atoms with Crippen LogP contribution in [-0.4, -0.2) is 42.3 Å². The predicted octanol–water partition coefficient (Wildman–Crippen LogP) is 2.51. The van der Waals surface area contributed by atoms with Gasteiger partial charge in [-0.2, -0.15) is 0 Å². The molecule has 1 N–H and O–H groups in total. The van der Waals surface area contributed by atoms with Crippen molar-refractivity contribution in [1.29, 1.82) is 0 Å². The number of carbonyl (C=O) groups excluding carboxylic acids is 1. The largest absolute Gasteiger partial charge is 0.496 e. The van der Waals surface area contributed by atoms with Gasteiger partial charge in [-0.3, -0.25) is 14.2 Å². The van der Waals surface area contributed by atoms with Crippen LogP contribution in [0.5, 0.6) is 17.2 Å². The van der Waals surface area contributed by atoms with Gasteiger partial charge in [0, 0.05) is 11.6 Å². The third-order valence-electron chi connectivity index (χ3n) is 4.40. The maximum atomic E-state index is 12.4. The van der Waals surface area contributed by atoms with Gasteiger partial charge in [-0.1, -0.05) is 12.1 Å². The molecule has 162 valence electrons. The van der Waals surface area contributed by atoms with Crippen molar-refractivity contribution in [3.05, 3.63) is 71.3 Å². The van der Waals surface area contributed by atoms with Crippen molar-refractivity contribution in [2.24, 2.45) is 0 Å². The highest BCUT2D eigenvalue weighted by molar-refractivity contribution is 5.75. The van der Waals surface area contributed by atoms with Crippen LogP contribution in [0.4, 0.5) is 0 Å². The van der Waals surface area contributed by atoms with Gasteiger partial charge < -0.3 is 19.5 Å². The van der Waals surface area contributed by atoms with Gasteiger partial charge in [-0.25, -0.2) is 4.98 Å². The fourth-order valence-electron chi connectivity index (χ4n) is 2.92. The first-order valence-electron chi connectivity index (χ1n) is 9.93. The first-order valence-corrected chi connectivity index (χ1v) is 9.93. The van der Waals surface area contributed by atoms with Crippen LogP contribution in [0, 0.1) is 0 Å². The Labute approximate surface area is 180 Å². The molecule has 0 aliphatic heterocycles. The SMILES string of the molecule is CCOc1ccc(OCCNC(=O)Cn2cnc(-c3ccccc3OC)cc2=O)cc1. The van der Waals surface area contributed by atoms with E-state index < -0.39 is 0 Å². The van der Waals surface area contributed by atoms with Crippen molar-refractivity contribution in [3.8, 4) is 28.5 Å². The molecule has 0 radical (unpaired) electrons. The highest BCUT2D eigenvalue weighted by Crippen LogP contribution is 2.26. The summed E-state index contributed by atoms with van der Waals surface area (Å²) in [5.74, 6) is 1.78. The molecular formula is C23H25N3O5. The highest BCUT2D eigenvalue weighted by Gasteiger charge is 2.10. The van der Waals surface area contributed by atoms with E-state index in [0.29, 0.717) is 42.5 Å². The maximum absolute atomic E-state index is 12.4. The Morgan fingerprint density at radius 2 is 1.77 bits per heavy atom. The van der Waals surface area contributed by atoms with E-state index in [1.807, 2.05) is 37.3 Å². The van der Waals surface area contributed by atoms with Crippen LogP contribution in [0.1, 0.15) is 6.92 Å². The van der Waals surface area contributed by atoms with E-state index in [4.69, 9.17) is 14.2 Å². The van der Waals surface area contributed by atoms with E-state index in [9.17, 15) is 9.59 Å². The van der Waals surface area contributed by atoms with Gasteiger partial charge in [-0.15, -0.1) is 0 Å². The molecule has 1 amide bonds. The van der Waals surface area contributed by atoms with Crippen molar-refractivity contribution in [1.82, 2.24) is 14.9 Å². The number of nitrogens with one attached hydrogen (secondary N) is 1. The van der Waals surface area contributed by atoms with Crippen molar-refractivity contribution in [3.63, 3.8) is 0 Å². The fourth-order valence-corrected chi connectivity index (χ4v) is 2.92. The third kappa shape index (κ3) is 6.08. The van der Waals surface area contributed by atoms with E-state index in [1.54, 1.807) is 25.3 Å². The molecule has 0 unspecified atom stereocenters. The molecule has 3 aromatic rings. The average molecular weight is 423 g/mol. The summed E-state index contributed by atoms with van der Waals surface area (Å²) < 4.78 is 17.5. The molecule has 0 fully saturated rings. The fraction of sp³-hybridized carbons (Fsp3) is 0.261. The molecule has 0 saturated heterocycles. The van der Waals surface area contributed by atoms with Crippen molar-refractivity contribution in [2.45, 2.75) is 13.5 Å². The zero-order valence-electron chi connectivity index (χ0n) is 17.5. The minimum atomic E-state index is -0.323. The number of para-hydroxylation sites is 1. The second-order valence-corrected chi connectivity index (χ2v) is 6.54. The number of hydrogen-bond donors (Lipinski definition) is 1. The molecule has 3 rings (SSSR count). The zero-order chi connectivity index (χ0) is 22.1. The lowest BCUT2D eigenvalue weighted by Crippen LogP contribution is -2.34. The summed E-state index contributed by atoms with van der Waals surface area (Å²) in [6.45, 7) is 3.02. The summed E-state index contributed by atoms with van der Waals surface area (Å²) in [5.41, 5.74) is 0.879. The molecule has 1 aromatic heterocycles. The Morgan fingerprint density at radius 1 is 1.06 bits per heavy atom. The third-order valence-corrected chi connectivity index (χ3v) is 4.40. The molecule has 31 heavy (non-hydrogen) atoms. The van der Waals surface area contributed by atoms with Crippen LogP contribution in [0.15, 0.2) is 65.7 Å². The molecule has 1 heterocycles. The van der Waals surface area contributed by atoms with Gasteiger partial charge in [-0.05, 0) is 43.3 Å². The number of benzene rings is 2. The van der Waals surface area contributed by atoms with E-state index in [1.165, 1.54) is 17.0 Å². The number of aromatic nitrogens is 2. The minimum Gasteiger partial charge on any atom is -0.496 e. The predicted molar refractivity (Wildman–Crippen MR) is 117 cm³/mol. The number of ether oxygens (including phenoxy) is 3. The Hall–Kier alpha value is -3.81. The molecular weight excluding hydrogens is 398 g/mol. The molecule has 8 nitrogen and oxygen atoms in total. The number of amides is 1. The summed E-state index contributed by atoms with van der Waals surface area (Å²) >= 11 is 0. The molecule has 0 aliphatic carbocycles. The van der Waals surface area contributed by atoms with Gasteiger partial charge in [0.15, 0.2) is 0 Å². The molecule has 0 saturated carbocycles. The summed E-state index contributed by atoms with van der Waals surface area (Å²) in [6, 6.07) is 16.0. The lowest BCUT2D eigenvalue weighted by molar-refractivity contribution is -0.121. The normalized spacial score (nSPS) is 10.4. The summed E-state index contributed by atoms with van der Waals surface area (Å²) in [6.07, 6.45) is 1.36. The highest BCUT2D eigenvalue weighted by atomic mass is 16.5. The van der Waals surface area contributed by atoms with Crippen LogP contribution < -0.4 is 25.1 Å². The standard InChI is InChI=1S/C23H25N3O5/c1-3-30-17-8-10-18(11-9-17)31-13-12-24-22(27)15-26-16-25-20(14-23(26)28)19-6-4-5-7-21(19)29-2/h4-11,14,16H,3,12-13,15H2,1-2H3,(H,24,27). The zero-order valence-corrected chi connectivity index (χ0v) is 17.5. The maximum Gasteiger partial charge on any atom is 0.254 e. The van der Waals surface area contributed by atoms with Crippen LogP contribution in [0.3, 0.4) is 0 Å². The lowest BCUT2D eigenvalue weighted by Gasteiger charge is -2.10. The van der Waals surface area contributed by atoms with Gasteiger partial charge in [0.05, 0.1) is 32.3 Å². The van der Waals surface area contributed by atoms with Crippen LogP contribution >= 0.6 is 0 Å². The quantitative estimate of drug-likeness (QED) is 0.504. The minimum absolute atomic E-state index is 0.124. The Balaban J connectivity index is 1.49. The van der Waals surface area contributed by atoms with E-state index in [-0.39, 0.29) is 18.0 Å². The molecule has 0 aliphatic rings. The first kappa shape index (κ1) is 21.9. The van der Waals surface area contributed by atoms with Crippen molar-refractivity contribution >= 4 is 5.91 Å². The smallest absolute Gasteiger partial charge is 0.254 e. The Kier molecular flexibility index (Phi) is 7.64. The number of hydrogen-bond acceptors (Lipinski definition) is 6. The van der Waals surface area contributed by atoms with Crippen LogP contribution in [-0.2, 0) is 11.3 Å². The number of methoxy groups -OCH3 is 1. The van der Waals surface area contributed by atoms with E-state index in [0.717, 1.165) is 5.75 Å². The summed E-state index contributed by atoms with van der Waals surface area (Å²) in [7, 11) is 1.56. The molecule has 8 heteroatoms. The second-order valence-electron chi connectivity index (χ2n) is 6.54. The molecule has 0 spiro atoms. The van der Waals surface area contributed by atoms with Crippen LogP contribution in [0.2, 0.25) is 0 Å². The Bertz CT molecular complexity index is 1060. The molecule has 0 bridgehead atoms. The second kappa shape index (κ2) is 10.8. The number of carbonyl (C=O) groups is 1. The average Bonchev–Trinajstić information content (AvgIpc) is 2.79. The van der Waals surface area contributed by atoms with Crippen molar-refractivity contribution in [2.75, 3.05) is 26.9 Å². The van der Waals surface area contributed by atoms with Gasteiger partial charge in [0.2, 0.25) is 5.91 Å². The lowest BCUT2D eigenvalue weighted by atomic mass is 10.1.